The normalized spacial score (nSPS) is 13.1. The van der Waals surface area contributed by atoms with Crippen LogP contribution in [0.15, 0.2) is 23.2 Å². The third kappa shape index (κ3) is 3.70. The molecule has 120 valence electrons. The first kappa shape index (κ1) is 18.3. The van der Waals surface area contributed by atoms with Crippen LogP contribution in [0.5, 0.6) is 0 Å². The molecule has 0 aromatic carbocycles. The second kappa shape index (κ2) is 7.47. The standard InChI is InChI=1S/C15H21N3O3S/c1-5-18(6-2)22(20,21)12-7-8-14(17-10-12)13(9-16)15(19)11(3)4/h7-8,10-11,13H,5-6H2,1-4H3/t13-/m1/s1. The number of hydrogen-bond acceptors (Lipinski definition) is 5. The highest BCUT2D eigenvalue weighted by molar-refractivity contribution is 7.89. The summed E-state index contributed by atoms with van der Waals surface area (Å²) in [6.45, 7) is 7.68. The van der Waals surface area contributed by atoms with Crippen molar-refractivity contribution in [2.45, 2.75) is 38.5 Å². The van der Waals surface area contributed by atoms with E-state index in [9.17, 15) is 13.2 Å². The van der Waals surface area contributed by atoms with Gasteiger partial charge in [-0.3, -0.25) is 9.78 Å². The molecule has 1 atom stereocenters. The minimum Gasteiger partial charge on any atom is -0.297 e. The lowest BCUT2D eigenvalue weighted by molar-refractivity contribution is -0.122. The number of Topliss-reactive ketones (excluding diaryl/α,β-unsaturated/α-hetero) is 1. The van der Waals surface area contributed by atoms with Crippen LogP contribution in [0.25, 0.3) is 0 Å². The van der Waals surface area contributed by atoms with Crippen LogP contribution in [0.3, 0.4) is 0 Å². The second-order valence-corrected chi connectivity index (χ2v) is 7.07. The van der Waals surface area contributed by atoms with Crippen LogP contribution in [0.2, 0.25) is 0 Å². The SMILES string of the molecule is CCN(CC)S(=O)(=O)c1ccc([C@@H](C#N)C(=O)C(C)C)nc1. The van der Waals surface area contributed by atoms with E-state index in [1.54, 1.807) is 27.7 Å². The van der Waals surface area contributed by atoms with Crippen LogP contribution < -0.4 is 0 Å². The Hall–Kier alpha value is -1.78. The molecule has 0 N–H and O–H groups in total. The summed E-state index contributed by atoms with van der Waals surface area (Å²) in [6.07, 6.45) is 1.21. The zero-order valence-corrected chi connectivity index (χ0v) is 14.1. The summed E-state index contributed by atoms with van der Waals surface area (Å²) >= 11 is 0. The predicted octanol–water partition coefficient (Wildman–Crippen LogP) is 1.94. The van der Waals surface area contributed by atoms with Crippen molar-refractivity contribution in [2.24, 2.45) is 5.92 Å². The summed E-state index contributed by atoms with van der Waals surface area (Å²) in [5.74, 6) is -1.48. The summed E-state index contributed by atoms with van der Waals surface area (Å²) in [7, 11) is -3.58. The summed E-state index contributed by atoms with van der Waals surface area (Å²) in [6, 6.07) is 4.76. The molecule has 0 aliphatic carbocycles. The number of aromatic nitrogens is 1. The third-order valence-corrected chi connectivity index (χ3v) is 5.41. The Morgan fingerprint density at radius 3 is 2.27 bits per heavy atom. The molecule has 1 heterocycles. The topological polar surface area (TPSA) is 91.1 Å². The minimum absolute atomic E-state index is 0.0636. The van der Waals surface area contributed by atoms with E-state index in [-0.39, 0.29) is 22.3 Å². The van der Waals surface area contributed by atoms with Crippen LogP contribution >= 0.6 is 0 Å². The molecule has 1 rings (SSSR count). The maximum Gasteiger partial charge on any atom is 0.244 e. The zero-order chi connectivity index (χ0) is 16.9. The fourth-order valence-electron chi connectivity index (χ4n) is 2.04. The highest BCUT2D eigenvalue weighted by Gasteiger charge is 2.26. The molecule has 7 heteroatoms. The highest BCUT2D eigenvalue weighted by atomic mass is 32.2. The molecule has 6 nitrogen and oxygen atoms in total. The van der Waals surface area contributed by atoms with E-state index >= 15 is 0 Å². The van der Waals surface area contributed by atoms with Gasteiger partial charge in [0.1, 0.15) is 10.8 Å². The molecule has 0 unspecified atom stereocenters. The van der Waals surface area contributed by atoms with Gasteiger partial charge in [0.25, 0.3) is 0 Å². The van der Waals surface area contributed by atoms with Gasteiger partial charge in [-0.05, 0) is 12.1 Å². The quantitative estimate of drug-likeness (QED) is 0.765. The molecule has 0 saturated heterocycles. The lowest BCUT2D eigenvalue weighted by Gasteiger charge is -2.18. The van der Waals surface area contributed by atoms with Crippen molar-refractivity contribution >= 4 is 15.8 Å². The molecular formula is C15H21N3O3S. The first-order chi connectivity index (χ1) is 10.3. The monoisotopic (exact) mass is 323 g/mol. The summed E-state index contributed by atoms with van der Waals surface area (Å²) in [5.41, 5.74) is 0.277. The van der Waals surface area contributed by atoms with E-state index in [0.717, 1.165) is 0 Å². The Morgan fingerprint density at radius 1 is 1.32 bits per heavy atom. The molecule has 0 aliphatic rings. The van der Waals surface area contributed by atoms with Gasteiger partial charge in [0.2, 0.25) is 10.0 Å². The number of nitrogens with zero attached hydrogens (tertiary/aromatic N) is 3. The van der Waals surface area contributed by atoms with Gasteiger partial charge >= 0.3 is 0 Å². The van der Waals surface area contributed by atoms with E-state index in [1.807, 2.05) is 6.07 Å². The fraction of sp³-hybridized carbons (Fsp3) is 0.533. The fourth-order valence-corrected chi connectivity index (χ4v) is 3.44. The van der Waals surface area contributed by atoms with E-state index in [2.05, 4.69) is 4.98 Å². The molecule has 1 aromatic heterocycles. The van der Waals surface area contributed by atoms with Crippen molar-refractivity contribution in [3.05, 3.63) is 24.0 Å². The van der Waals surface area contributed by atoms with Crippen LogP contribution in [-0.4, -0.2) is 36.6 Å². The lowest BCUT2D eigenvalue weighted by Crippen LogP contribution is -2.30. The summed E-state index contributed by atoms with van der Waals surface area (Å²) in [4.78, 5) is 16.1. The number of ketones is 1. The van der Waals surface area contributed by atoms with Gasteiger partial charge in [-0.2, -0.15) is 9.57 Å². The number of sulfonamides is 1. The van der Waals surface area contributed by atoms with Crippen molar-refractivity contribution < 1.29 is 13.2 Å². The van der Waals surface area contributed by atoms with Gasteiger partial charge in [0.15, 0.2) is 5.78 Å². The largest absolute Gasteiger partial charge is 0.297 e. The number of rotatable bonds is 7. The van der Waals surface area contributed by atoms with Crippen molar-refractivity contribution in [3.63, 3.8) is 0 Å². The van der Waals surface area contributed by atoms with E-state index in [1.165, 1.54) is 22.6 Å². The van der Waals surface area contributed by atoms with E-state index < -0.39 is 15.9 Å². The maximum absolute atomic E-state index is 12.3. The first-order valence-electron chi connectivity index (χ1n) is 7.18. The minimum atomic E-state index is -3.58. The molecule has 0 radical (unpaired) electrons. The highest BCUT2D eigenvalue weighted by Crippen LogP contribution is 2.21. The van der Waals surface area contributed by atoms with Gasteiger partial charge in [-0.1, -0.05) is 27.7 Å². The van der Waals surface area contributed by atoms with Gasteiger partial charge in [-0.15, -0.1) is 0 Å². The van der Waals surface area contributed by atoms with Gasteiger partial charge in [-0.25, -0.2) is 8.42 Å². The van der Waals surface area contributed by atoms with Crippen LogP contribution in [0, 0.1) is 17.2 Å². The Labute approximate surface area is 131 Å². The smallest absolute Gasteiger partial charge is 0.244 e. The molecule has 0 spiro atoms. The van der Waals surface area contributed by atoms with Gasteiger partial charge in [0.05, 0.1) is 11.8 Å². The van der Waals surface area contributed by atoms with Crippen molar-refractivity contribution in [3.8, 4) is 6.07 Å². The molecule has 0 saturated carbocycles. The lowest BCUT2D eigenvalue weighted by atomic mass is 9.93. The Balaban J connectivity index is 3.15. The van der Waals surface area contributed by atoms with E-state index in [0.29, 0.717) is 13.1 Å². The average molecular weight is 323 g/mol. The summed E-state index contributed by atoms with van der Waals surface area (Å²) in [5, 5.41) is 9.15. The molecule has 0 amide bonds. The molecular weight excluding hydrogens is 302 g/mol. The number of nitriles is 1. The Bertz CT molecular complexity index is 656. The first-order valence-corrected chi connectivity index (χ1v) is 8.63. The second-order valence-electron chi connectivity index (χ2n) is 5.13. The van der Waals surface area contributed by atoms with Crippen molar-refractivity contribution in [1.29, 1.82) is 5.26 Å². The molecule has 0 fully saturated rings. The van der Waals surface area contributed by atoms with Crippen molar-refractivity contribution in [2.75, 3.05) is 13.1 Å². The maximum atomic E-state index is 12.3. The number of pyridine rings is 1. The van der Waals surface area contributed by atoms with Crippen LogP contribution in [0.4, 0.5) is 0 Å². The van der Waals surface area contributed by atoms with E-state index in [4.69, 9.17) is 5.26 Å². The molecule has 0 bridgehead atoms. The van der Waals surface area contributed by atoms with Crippen LogP contribution in [0.1, 0.15) is 39.3 Å². The van der Waals surface area contributed by atoms with Gasteiger partial charge in [0, 0.05) is 25.2 Å². The Kier molecular flexibility index (Phi) is 6.21. The number of hydrogen-bond donors (Lipinski definition) is 0. The van der Waals surface area contributed by atoms with Crippen molar-refractivity contribution in [1.82, 2.24) is 9.29 Å². The Morgan fingerprint density at radius 2 is 1.91 bits per heavy atom. The average Bonchev–Trinajstić information content (AvgIpc) is 2.49. The number of carbonyl (C=O) groups is 1. The predicted molar refractivity (Wildman–Crippen MR) is 82.5 cm³/mol. The van der Waals surface area contributed by atoms with Crippen LogP contribution in [-0.2, 0) is 14.8 Å². The molecule has 1 aromatic rings. The molecule has 0 aliphatic heterocycles. The third-order valence-electron chi connectivity index (χ3n) is 3.38. The van der Waals surface area contributed by atoms with Gasteiger partial charge < -0.3 is 0 Å². The number of carbonyl (C=O) groups excluding carboxylic acids is 1. The zero-order valence-electron chi connectivity index (χ0n) is 13.3. The molecule has 22 heavy (non-hydrogen) atoms. The summed E-state index contributed by atoms with van der Waals surface area (Å²) < 4.78 is 26.0.